The third kappa shape index (κ3) is 13.4. The van der Waals surface area contributed by atoms with Crippen molar-refractivity contribution in [2.45, 2.75) is 134 Å². The molecule has 0 fully saturated rings. The maximum absolute atomic E-state index is 11.2. The van der Waals surface area contributed by atoms with Crippen LogP contribution >= 0.6 is 0 Å². The Bertz CT molecular complexity index is 743. The smallest absolute Gasteiger partial charge is 0.744 e. The van der Waals surface area contributed by atoms with Gasteiger partial charge in [-0.2, -0.15) is 0 Å². The largest absolute Gasteiger partial charge is 1.00 e. The Labute approximate surface area is 225 Å². The maximum atomic E-state index is 11.2. The van der Waals surface area contributed by atoms with E-state index >= 15 is 0 Å². The molecular weight excluding hydrogens is 443 g/mol. The van der Waals surface area contributed by atoms with Crippen molar-refractivity contribution in [2.24, 2.45) is 0 Å². The fourth-order valence-electron chi connectivity index (χ4n) is 4.55. The summed E-state index contributed by atoms with van der Waals surface area (Å²) >= 11 is 0. The molecule has 0 aliphatic carbocycles. The van der Waals surface area contributed by atoms with E-state index < -0.39 is 10.1 Å². The average molecular weight is 489 g/mol. The van der Waals surface area contributed by atoms with Crippen molar-refractivity contribution in [1.82, 2.24) is 0 Å². The molecule has 0 aromatic heterocycles. The maximum Gasteiger partial charge on any atom is 1.00 e. The summed E-state index contributed by atoms with van der Waals surface area (Å²) in [6, 6.07) is 4.47. The zero-order chi connectivity index (χ0) is 23.1. The van der Waals surface area contributed by atoms with E-state index in [4.69, 9.17) is 0 Å². The van der Waals surface area contributed by atoms with Gasteiger partial charge in [-0.15, -0.1) is 0 Å². The summed E-state index contributed by atoms with van der Waals surface area (Å²) in [5, 5.41) is 6.65. The molecular formula is C26H45N2NaO3S. The Kier molecular flexibility index (Phi) is 16.8. The second-order valence-electron chi connectivity index (χ2n) is 9.45. The number of nitrogens with one attached hydrogen (secondary N) is 2. The van der Waals surface area contributed by atoms with E-state index in [0.29, 0.717) is 5.69 Å². The topological polar surface area (TPSA) is 81.3 Å². The van der Waals surface area contributed by atoms with Gasteiger partial charge in [0.05, 0.1) is 22.4 Å². The van der Waals surface area contributed by atoms with Gasteiger partial charge in [0.15, 0.2) is 0 Å². The van der Waals surface area contributed by atoms with Crippen molar-refractivity contribution in [3.63, 3.8) is 0 Å². The zero-order valence-electron chi connectivity index (χ0n) is 21.2. The van der Waals surface area contributed by atoms with E-state index in [1.807, 2.05) is 0 Å². The van der Waals surface area contributed by atoms with Crippen LogP contribution in [-0.4, -0.2) is 19.1 Å². The van der Waals surface area contributed by atoms with Crippen molar-refractivity contribution in [3.8, 4) is 0 Å². The van der Waals surface area contributed by atoms with Crippen LogP contribution in [0.3, 0.4) is 0 Å². The molecule has 1 unspecified atom stereocenters. The van der Waals surface area contributed by atoms with Crippen molar-refractivity contribution in [2.75, 3.05) is 10.6 Å². The van der Waals surface area contributed by atoms with Crippen molar-refractivity contribution >= 4 is 21.5 Å². The van der Waals surface area contributed by atoms with E-state index in [-0.39, 0.29) is 40.6 Å². The Morgan fingerprint density at radius 1 is 0.697 bits per heavy atom. The van der Waals surface area contributed by atoms with Crippen LogP contribution in [0.4, 0.5) is 11.4 Å². The molecule has 1 atom stereocenters. The summed E-state index contributed by atoms with van der Waals surface area (Å²) in [5.74, 6) is 0. The first-order chi connectivity index (χ1) is 15.5. The summed E-state index contributed by atoms with van der Waals surface area (Å²) < 4.78 is 33.5. The average Bonchev–Trinajstić information content (AvgIpc) is 3.17. The molecule has 1 heterocycles. The number of hydrogen-bond acceptors (Lipinski definition) is 5. The van der Waals surface area contributed by atoms with Gasteiger partial charge in [0.2, 0.25) is 0 Å². The molecule has 0 saturated carbocycles. The van der Waals surface area contributed by atoms with Crippen LogP contribution in [0.5, 0.6) is 0 Å². The second-order valence-corrected chi connectivity index (χ2v) is 10.8. The molecule has 5 nitrogen and oxygen atoms in total. The van der Waals surface area contributed by atoms with Gasteiger partial charge >= 0.3 is 29.6 Å². The minimum Gasteiger partial charge on any atom is -0.744 e. The standard InChI is InChI=1S/C26H46N2O3S.Na/c1-2-3-4-5-6-7-8-9-10-11-12-13-14-15-16-17-18-19-26-27-24-21-20-23(32(29,30)31)22-25(24)28-26;/h20-22,26-28H,2-19H2,1H3,(H,29,30,31);/q;+1/p-1. The number of hydrogen-bond donors (Lipinski definition) is 2. The molecule has 33 heavy (non-hydrogen) atoms. The van der Waals surface area contributed by atoms with Crippen LogP contribution in [0.15, 0.2) is 23.1 Å². The predicted molar refractivity (Wildman–Crippen MR) is 134 cm³/mol. The van der Waals surface area contributed by atoms with Crippen molar-refractivity contribution in [1.29, 1.82) is 0 Å². The van der Waals surface area contributed by atoms with Crippen molar-refractivity contribution < 1.29 is 42.5 Å². The van der Waals surface area contributed by atoms with Gasteiger partial charge in [0, 0.05) is 0 Å². The fraction of sp³-hybridized carbons (Fsp3) is 0.769. The third-order valence-electron chi connectivity index (χ3n) is 6.54. The van der Waals surface area contributed by atoms with E-state index in [1.165, 1.54) is 115 Å². The van der Waals surface area contributed by atoms with Gasteiger partial charge < -0.3 is 15.2 Å². The normalized spacial score (nSPS) is 14.9. The summed E-state index contributed by atoms with van der Waals surface area (Å²) in [5.41, 5.74) is 1.58. The number of benzene rings is 1. The fourth-order valence-corrected chi connectivity index (χ4v) is 5.05. The summed E-state index contributed by atoms with van der Waals surface area (Å²) in [7, 11) is -4.41. The summed E-state index contributed by atoms with van der Waals surface area (Å²) in [6.45, 7) is 2.28. The van der Waals surface area contributed by atoms with Gasteiger partial charge in [-0.3, -0.25) is 0 Å². The number of fused-ring (bicyclic) bond motifs is 1. The van der Waals surface area contributed by atoms with E-state index in [0.717, 1.165) is 18.5 Å². The minimum atomic E-state index is -4.41. The Morgan fingerprint density at radius 2 is 1.12 bits per heavy atom. The third-order valence-corrected chi connectivity index (χ3v) is 7.37. The van der Waals surface area contributed by atoms with Gasteiger partial charge in [-0.25, -0.2) is 8.42 Å². The van der Waals surface area contributed by atoms with Gasteiger partial charge in [0.25, 0.3) is 0 Å². The zero-order valence-corrected chi connectivity index (χ0v) is 24.0. The second kappa shape index (κ2) is 18.1. The van der Waals surface area contributed by atoms with Gasteiger partial charge in [0.1, 0.15) is 10.1 Å². The molecule has 0 saturated heterocycles. The molecule has 2 rings (SSSR count). The molecule has 184 valence electrons. The molecule has 1 aromatic rings. The van der Waals surface area contributed by atoms with E-state index in [1.54, 1.807) is 6.07 Å². The van der Waals surface area contributed by atoms with Crippen LogP contribution in [0.25, 0.3) is 0 Å². The quantitative estimate of drug-likeness (QED) is 0.166. The number of unbranched alkanes of at least 4 members (excludes halogenated alkanes) is 16. The molecule has 0 bridgehead atoms. The Hall–Kier alpha value is -0.270. The first-order valence-corrected chi connectivity index (χ1v) is 14.5. The molecule has 0 radical (unpaired) electrons. The Morgan fingerprint density at radius 3 is 1.58 bits per heavy atom. The summed E-state index contributed by atoms with van der Waals surface area (Å²) in [6.07, 6.45) is 24.4. The molecule has 1 aromatic carbocycles. The first-order valence-electron chi connectivity index (χ1n) is 13.1. The molecule has 0 amide bonds. The van der Waals surface area contributed by atoms with E-state index in [9.17, 15) is 13.0 Å². The molecule has 1 aliphatic rings. The Balaban J connectivity index is 0.00000544. The first kappa shape index (κ1) is 30.8. The van der Waals surface area contributed by atoms with Crippen molar-refractivity contribution in [3.05, 3.63) is 18.2 Å². The minimum absolute atomic E-state index is 0. The molecule has 7 heteroatoms. The predicted octanol–water partition coefficient (Wildman–Crippen LogP) is 4.80. The van der Waals surface area contributed by atoms with Crippen LogP contribution in [0, 0.1) is 0 Å². The molecule has 0 spiro atoms. The number of anilines is 2. The monoisotopic (exact) mass is 488 g/mol. The summed E-state index contributed by atoms with van der Waals surface area (Å²) in [4.78, 5) is -0.177. The SMILES string of the molecule is CCCCCCCCCCCCCCCCCCCC1Nc2ccc(S(=O)(=O)[O-])cc2N1.[Na+]. The van der Waals surface area contributed by atoms with E-state index in [2.05, 4.69) is 17.6 Å². The number of rotatable bonds is 19. The van der Waals surface area contributed by atoms with Gasteiger partial charge in [-0.05, 0) is 31.0 Å². The van der Waals surface area contributed by atoms with Crippen LogP contribution in [0.1, 0.15) is 122 Å². The molecule has 1 aliphatic heterocycles. The van der Waals surface area contributed by atoms with Crippen LogP contribution < -0.4 is 40.2 Å². The van der Waals surface area contributed by atoms with Gasteiger partial charge in [-0.1, -0.05) is 110 Å². The molecule has 2 N–H and O–H groups in total. The van der Waals surface area contributed by atoms with Crippen LogP contribution in [0.2, 0.25) is 0 Å². The van der Waals surface area contributed by atoms with Crippen LogP contribution in [-0.2, 0) is 10.1 Å².